The van der Waals surface area contributed by atoms with Crippen LogP contribution in [0.4, 0.5) is 34.1 Å². The molecule has 7 aromatic carbocycles. The number of aryl methyl sites for hydroxylation is 2. The molecule has 0 fully saturated rings. The summed E-state index contributed by atoms with van der Waals surface area (Å²) in [6.45, 7) is 4.28. The first-order valence-electron chi connectivity index (χ1n) is 16.4. The van der Waals surface area contributed by atoms with Gasteiger partial charge in [-0.2, -0.15) is 0 Å². The molecule has 0 radical (unpaired) electrons. The smallest absolute Gasteiger partial charge is 0.0464 e. The predicted molar refractivity (Wildman–Crippen MR) is 206 cm³/mol. The molecule has 0 aliphatic heterocycles. The van der Waals surface area contributed by atoms with E-state index in [1.807, 2.05) is 6.07 Å². The number of nitrogens with zero attached hydrogens (tertiary/aromatic N) is 2. The van der Waals surface area contributed by atoms with E-state index in [-0.39, 0.29) is 0 Å². The van der Waals surface area contributed by atoms with Crippen molar-refractivity contribution in [1.29, 1.82) is 0 Å². The van der Waals surface area contributed by atoms with E-state index in [4.69, 9.17) is 0 Å². The number of para-hydroxylation sites is 1. The van der Waals surface area contributed by atoms with Crippen LogP contribution in [0.2, 0.25) is 0 Å². The molecule has 0 spiro atoms. The molecule has 0 aliphatic rings. The Kier molecular flexibility index (Phi) is 8.97. The van der Waals surface area contributed by atoms with Crippen LogP contribution in [0.1, 0.15) is 22.3 Å². The molecule has 2 heteroatoms. The highest BCUT2D eigenvalue weighted by molar-refractivity contribution is 5.81. The Morgan fingerprint density at radius 2 is 0.667 bits per heavy atom. The molecule has 0 aromatic heterocycles. The fourth-order valence-corrected chi connectivity index (χ4v) is 6.10. The Labute approximate surface area is 284 Å². The fraction of sp³-hybridized carbons (Fsp3) is 0.0435. The molecule has 7 aromatic rings. The number of hydrogen-bond acceptors (Lipinski definition) is 2. The summed E-state index contributed by atoms with van der Waals surface area (Å²) in [7, 11) is 0. The summed E-state index contributed by atoms with van der Waals surface area (Å²) in [5, 5.41) is 0. The molecule has 0 saturated heterocycles. The first-order valence-corrected chi connectivity index (χ1v) is 16.4. The van der Waals surface area contributed by atoms with Gasteiger partial charge in [0.2, 0.25) is 0 Å². The molecule has 232 valence electrons. The second kappa shape index (κ2) is 14.1. The van der Waals surface area contributed by atoms with Crippen molar-refractivity contribution in [1.82, 2.24) is 0 Å². The van der Waals surface area contributed by atoms with Crippen LogP contribution in [0.3, 0.4) is 0 Å². The number of benzene rings is 7. The molecular formula is C46H38N2. The van der Waals surface area contributed by atoms with E-state index < -0.39 is 0 Å². The second-order valence-electron chi connectivity index (χ2n) is 12.1. The van der Waals surface area contributed by atoms with Gasteiger partial charge in [0.1, 0.15) is 0 Å². The van der Waals surface area contributed by atoms with Crippen LogP contribution in [-0.4, -0.2) is 0 Å². The maximum absolute atomic E-state index is 2.32. The highest BCUT2D eigenvalue weighted by Gasteiger charge is 2.15. The summed E-state index contributed by atoms with van der Waals surface area (Å²) in [4.78, 5) is 4.63. The second-order valence-corrected chi connectivity index (χ2v) is 12.1. The molecule has 0 atom stereocenters. The average Bonchev–Trinajstić information content (AvgIpc) is 3.13. The monoisotopic (exact) mass is 618 g/mol. The zero-order chi connectivity index (χ0) is 32.7. The minimum atomic E-state index is 1.11. The zero-order valence-electron chi connectivity index (χ0n) is 27.4. The van der Waals surface area contributed by atoms with Gasteiger partial charge in [-0.05, 0) is 120 Å². The van der Waals surface area contributed by atoms with Crippen molar-refractivity contribution in [2.24, 2.45) is 0 Å². The third-order valence-electron chi connectivity index (χ3n) is 8.54. The first kappa shape index (κ1) is 30.5. The first-order chi connectivity index (χ1) is 23.6. The Bertz CT molecular complexity index is 2110. The van der Waals surface area contributed by atoms with Crippen LogP contribution < -0.4 is 9.80 Å². The lowest BCUT2D eigenvalue weighted by Crippen LogP contribution is -2.10. The largest absolute Gasteiger partial charge is 0.310 e. The predicted octanol–water partition coefficient (Wildman–Crippen LogP) is 13.1. The number of anilines is 6. The Hall–Kier alpha value is -6.12. The van der Waals surface area contributed by atoms with Gasteiger partial charge in [0.15, 0.2) is 0 Å². The van der Waals surface area contributed by atoms with Gasteiger partial charge in [0.05, 0.1) is 0 Å². The Balaban J connectivity index is 1.17. The van der Waals surface area contributed by atoms with Gasteiger partial charge in [-0.1, -0.05) is 121 Å². The Morgan fingerprint density at radius 3 is 1.10 bits per heavy atom. The van der Waals surface area contributed by atoms with E-state index in [0.29, 0.717) is 0 Å². The van der Waals surface area contributed by atoms with Crippen molar-refractivity contribution in [2.45, 2.75) is 13.8 Å². The van der Waals surface area contributed by atoms with Gasteiger partial charge in [0.25, 0.3) is 0 Å². The normalized spacial score (nSPS) is 11.0. The number of hydrogen-bond donors (Lipinski definition) is 0. The van der Waals surface area contributed by atoms with Crippen molar-refractivity contribution in [2.75, 3.05) is 9.80 Å². The Morgan fingerprint density at radius 1 is 0.312 bits per heavy atom. The maximum atomic E-state index is 2.32. The van der Waals surface area contributed by atoms with Gasteiger partial charge in [-0.25, -0.2) is 0 Å². The van der Waals surface area contributed by atoms with Gasteiger partial charge in [-0.3, -0.25) is 0 Å². The fourth-order valence-electron chi connectivity index (χ4n) is 6.10. The van der Waals surface area contributed by atoms with E-state index >= 15 is 0 Å². The van der Waals surface area contributed by atoms with Crippen LogP contribution in [-0.2, 0) is 0 Å². The summed E-state index contributed by atoms with van der Waals surface area (Å²) in [6, 6.07) is 64.8. The van der Waals surface area contributed by atoms with Crippen molar-refractivity contribution in [3.63, 3.8) is 0 Å². The maximum Gasteiger partial charge on any atom is 0.0464 e. The number of rotatable bonds is 9. The van der Waals surface area contributed by atoms with Crippen molar-refractivity contribution >= 4 is 46.3 Å². The van der Waals surface area contributed by atoms with Crippen molar-refractivity contribution in [3.05, 3.63) is 204 Å². The van der Waals surface area contributed by atoms with E-state index in [1.165, 1.54) is 33.4 Å². The lowest BCUT2D eigenvalue weighted by Gasteiger charge is -2.26. The van der Waals surface area contributed by atoms with Crippen LogP contribution in [0.5, 0.6) is 0 Å². The molecule has 2 nitrogen and oxygen atoms in total. The van der Waals surface area contributed by atoms with Crippen LogP contribution in [0.25, 0.3) is 23.3 Å². The van der Waals surface area contributed by atoms with Gasteiger partial charge < -0.3 is 9.80 Å². The molecule has 0 aliphatic carbocycles. The summed E-state index contributed by atoms with van der Waals surface area (Å²) < 4.78 is 0. The van der Waals surface area contributed by atoms with E-state index in [1.54, 1.807) is 0 Å². The molecule has 48 heavy (non-hydrogen) atoms. The summed E-state index contributed by atoms with van der Waals surface area (Å²) in [6.07, 6.45) is 4.32. The molecule has 0 saturated carbocycles. The van der Waals surface area contributed by atoms with Crippen LogP contribution >= 0.6 is 0 Å². The van der Waals surface area contributed by atoms with Gasteiger partial charge in [-0.15, -0.1) is 0 Å². The zero-order valence-corrected chi connectivity index (χ0v) is 27.4. The topological polar surface area (TPSA) is 6.48 Å². The lowest BCUT2D eigenvalue weighted by atomic mass is 10.0. The molecule has 0 unspecified atom stereocenters. The molecule has 7 rings (SSSR count). The van der Waals surface area contributed by atoms with Gasteiger partial charge >= 0.3 is 0 Å². The van der Waals surface area contributed by atoms with E-state index in [0.717, 1.165) is 34.1 Å². The minimum absolute atomic E-state index is 1.11. The van der Waals surface area contributed by atoms with Crippen LogP contribution in [0.15, 0.2) is 182 Å². The SMILES string of the molecule is Cc1cccc(N(c2ccccc2)c2ccc(-c3ccc(N(c4ccc(C=Cc5ccccc5)cc4)c4cccc(C)c4)cc3)cc2)c1. The molecule has 0 heterocycles. The molecular weight excluding hydrogens is 581 g/mol. The summed E-state index contributed by atoms with van der Waals surface area (Å²) in [5.74, 6) is 0. The summed E-state index contributed by atoms with van der Waals surface area (Å²) in [5.41, 5.74) is 14.0. The van der Waals surface area contributed by atoms with Crippen molar-refractivity contribution in [3.8, 4) is 11.1 Å². The van der Waals surface area contributed by atoms with Gasteiger partial charge in [0, 0.05) is 34.1 Å². The molecule has 0 N–H and O–H groups in total. The van der Waals surface area contributed by atoms with Crippen LogP contribution in [0, 0.1) is 13.8 Å². The minimum Gasteiger partial charge on any atom is -0.310 e. The standard InChI is InChI=1S/C46H38N2/c1-35-11-9-17-45(33-35)47(41-15-7-4-8-16-41)43-29-23-39(24-30-43)40-25-31-44(32-26-40)48(46-18-10-12-36(2)34-46)42-27-21-38(22-28-42)20-19-37-13-5-3-6-14-37/h3-34H,1-2H3. The van der Waals surface area contributed by atoms with Crippen molar-refractivity contribution < 1.29 is 0 Å². The third-order valence-corrected chi connectivity index (χ3v) is 8.54. The average molecular weight is 619 g/mol. The van der Waals surface area contributed by atoms with E-state index in [9.17, 15) is 0 Å². The lowest BCUT2D eigenvalue weighted by molar-refractivity contribution is 1.27. The quantitative estimate of drug-likeness (QED) is 0.149. The summed E-state index contributed by atoms with van der Waals surface area (Å²) >= 11 is 0. The molecule has 0 bridgehead atoms. The highest BCUT2D eigenvalue weighted by atomic mass is 15.1. The third kappa shape index (κ3) is 6.99. The highest BCUT2D eigenvalue weighted by Crippen LogP contribution is 2.38. The van der Waals surface area contributed by atoms with E-state index in [2.05, 4.69) is 212 Å². The molecule has 0 amide bonds.